The summed E-state index contributed by atoms with van der Waals surface area (Å²) in [5.41, 5.74) is 1.04. The van der Waals surface area contributed by atoms with Gasteiger partial charge in [-0.1, -0.05) is 0 Å². The molecule has 10 nitrogen and oxygen atoms in total. The van der Waals surface area contributed by atoms with Crippen LogP contribution in [-0.4, -0.2) is 84.1 Å². The zero-order chi connectivity index (χ0) is 17.6. The van der Waals surface area contributed by atoms with E-state index in [0.717, 1.165) is 0 Å². The molecule has 2 fully saturated rings. The van der Waals surface area contributed by atoms with Crippen molar-refractivity contribution in [1.29, 1.82) is 0 Å². The van der Waals surface area contributed by atoms with Crippen molar-refractivity contribution in [3.05, 3.63) is 12.7 Å². The van der Waals surface area contributed by atoms with Gasteiger partial charge in [0.15, 0.2) is 23.2 Å². The molecule has 10 heteroatoms. The molecule has 1 unspecified atom stereocenters. The maximum absolute atomic E-state index is 10.2. The highest BCUT2D eigenvalue weighted by Crippen LogP contribution is 2.33. The first-order valence-corrected chi connectivity index (χ1v) is 8.33. The Morgan fingerprint density at radius 1 is 1.08 bits per heavy atom. The van der Waals surface area contributed by atoms with E-state index < -0.39 is 31.1 Å². The summed E-state index contributed by atoms with van der Waals surface area (Å²) in [5, 5.41) is 39.1. The van der Waals surface area contributed by atoms with Crippen LogP contribution in [0.2, 0.25) is 0 Å². The molecule has 0 aromatic carbocycles. The molecule has 0 amide bonds. The van der Waals surface area contributed by atoms with Crippen molar-refractivity contribution in [1.82, 2.24) is 19.5 Å². The van der Waals surface area contributed by atoms with Gasteiger partial charge in [-0.25, -0.2) is 15.0 Å². The average Bonchev–Trinajstić information content (AvgIpc) is 3.17. The largest absolute Gasteiger partial charge is 0.394 e. The lowest BCUT2D eigenvalue weighted by atomic mass is 10.1. The predicted molar refractivity (Wildman–Crippen MR) is 85.8 cm³/mol. The number of aromatic nitrogens is 4. The molecule has 0 saturated carbocycles. The van der Waals surface area contributed by atoms with Crippen molar-refractivity contribution in [3.8, 4) is 0 Å². The quantitative estimate of drug-likeness (QED) is 0.515. The maximum Gasteiger partial charge on any atom is 0.167 e. The number of aliphatic hydroxyl groups excluding tert-OH is 4. The molecule has 2 aliphatic rings. The summed E-state index contributed by atoms with van der Waals surface area (Å²) >= 11 is 0. The normalized spacial score (nSPS) is 31.1. The Morgan fingerprint density at radius 2 is 1.84 bits per heavy atom. The Morgan fingerprint density at radius 3 is 2.52 bits per heavy atom. The SMILES string of the molecule is OCC1O[C@@H](n2cnc3c(N4CCC(O)CC4)ncnc32)[C@H](O)[C@@H]1O. The van der Waals surface area contributed by atoms with E-state index in [1.165, 1.54) is 12.7 Å². The molecule has 4 rings (SSSR count). The molecule has 2 aromatic heterocycles. The predicted octanol–water partition coefficient (Wildman–Crippen LogP) is -1.60. The summed E-state index contributed by atoms with van der Waals surface area (Å²) in [6.07, 6.45) is -0.169. The van der Waals surface area contributed by atoms with Crippen LogP contribution in [0, 0.1) is 0 Å². The molecule has 2 aliphatic heterocycles. The first-order chi connectivity index (χ1) is 12.1. The van der Waals surface area contributed by atoms with E-state index in [9.17, 15) is 20.4 Å². The van der Waals surface area contributed by atoms with Crippen LogP contribution in [0.5, 0.6) is 0 Å². The van der Waals surface area contributed by atoms with Gasteiger partial charge in [0.2, 0.25) is 0 Å². The van der Waals surface area contributed by atoms with Crippen molar-refractivity contribution < 1.29 is 25.2 Å². The standard InChI is InChI=1S/C15H21N5O5/c21-5-9-11(23)12(24)15(25-9)20-7-18-10-13(16-6-17-14(10)20)19-3-1-8(22)2-4-19/h6-9,11-12,15,21-24H,1-5H2/t9?,11-,12-,15-/m1/s1. The fraction of sp³-hybridized carbons (Fsp3) is 0.667. The number of ether oxygens (including phenoxy) is 1. The summed E-state index contributed by atoms with van der Waals surface area (Å²) in [6, 6.07) is 0. The Hall–Kier alpha value is -1.85. The van der Waals surface area contributed by atoms with Gasteiger partial charge in [-0.05, 0) is 12.8 Å². The minimum absolute atomic E-state index is 0.287. The molecule has 0 aliphatic carbocycles. The molecule has 0 spiro atoms. The molecule has 4 N–H and O–H groups in total. The third-order valence-electron chi connectivity index (χ3n) is 4.89. The van der Waals surface area contributed by atoms with Gasteiger partial charge >= 0.3 is 0 Å². The lowest BCUT2D eigenvalue weighted by molar-refractivity contribution is -0.0511. The van der Waals surface area contributed by atoms with Gasteiger partial charge in [0.1, 0.15) is 24.6 Å². The topological polar surface area (TPSA) is 137 Å². The summed E-state index contributed by atoms with van der Waals surface area (Å²) < 4.78 is 7.10. The second kappa shape index (κ2) is 6.46. The number of fused-ring (bicyclic) bond motifs is 1. The zero-order valence-corrected chi connectivity index (χ0v) is 13.5. The molecule has 4 atom stereocenters. The van der Waals surface area contributed by atoms with Gasteiger partial charge in [-0.3, -0.25) is 4.57 Å². The third-order valence-corrected chi connectivity index (χ3v) is 4.89. The number of rotatable bonds is 3. The monoisotopic (exact) mass is 351 g/mol. The number of imidazole rings is 1. The van der Waals surface area contributed by atoms with E-state index in [0.29, 0.717) is 42.9 Å². The highest BCUT2D eigenvalue weighted by atomic mass is 16.6. The van der Waals surface area contributed by atoms with Crippen molar-refractivity contribution in [3.63, 3.8) is 0 Å². The van der Waals surface area contributed by atoms with Gasteiger partial charge < -0.3 is 30.1 Å². The summed E-state index contributed by atoms with van der Waals surface area (Å²) in [7, 11) is 0. The Bertz CT molecular complexity index is 747. The molecule has 2 saturated heterocycles. The van der Waals surface area contributed by atoms with E-state index in [-0.39, 0.29) is 6.10 Å². The Balaban J connectivity index is 1.68. The number of piperidine rings is 1. The molecule has 0 radical (unpaired) electrons. The lowest BCUT2D eigenvalue weighted by Crippen LogP contribution is -2.36. The third kappa shape index (κ3) is 2.75. The molecule has 2 aromatic rings. The number of anilines is 1. The molecular formula is C15H21N5O5. The fourth-order valence-electron chi connectivity index (χ4n) is 3.44. The maximum atomic E-state index is 10.2. The van der Waals surface area contributed by atoms with Gasteiger partial charge in [-0.2, -0.15) is 0 Å². The van der Waals surface area contributed by atoms with Crippen molar-refractivity contribution in [2.75, 3.05) is 24.6 Å². The van der Waals surface area contributed by atoms with E-state index >= 15 is 0 Å². The van der Waals surface area contributed by atoms with Gasteiger partial charge in [-0.15, -0.1) is 0 Å². The summed E-state index contributed by atoms with van der Waals surface area (Å²) in [4.78, 5) is 15.0. The zero-order valence-electron chi connectivity index (χ0n) is 13.5. The van der Waals surface area contributed by atoms with Crippen LogP contribution in [0.15, 0.2) is 12.7 Å². The number of hydrogen-bond donors (Lipinski definition) is 4. The molecule has 4 heterocycles. The first kappa shape index (κ1) is 16.6. The van der Waals surface area contributed by atoms with E-state index in [1.54, 1.807) is 4.57 Å². The van der Waals surface area contributed by atoms with Crippen molar-refractivity contribution >= 4 is 17.0 Å². The first-order valence-electron chi connectivity index (χ1n) is 8.33. The minimum Gasteiger partial charge on any atom is -0.394 e. The van der Waals surface area contributed by atoms with E-state index in [4.69, 9.17) is 4.74 Å². The second-order valence-electron chi connectivity index (χ2n) is 6.47. The van der Waals surface area contributed by atoms with E-state index in [2.05, 4.69) is 15.0 Å². The molecule has 0 bridgehead atoms. The number of aliphatic hydroxyl groups is 4. The van der Waals surface area contributed by atoms with Crippen LogP contribution in [0.1, 0.15) is 19.1 Å². The van der Waals surface area contributed by atoms with E-state index in [1.807, 2.05) is 4.90 Å². The molecule has 25 heavy (non-hydrogen) atoms. The number of nitrogens with zero attached hydrogens (tertiary/aromatic N) is 5. The summed E-state index contributed by atoms with van der Waals surface area (Å²) in [5.74, 6) is 0.669. The minimum atomic E-state index is -1.20. The van der Waals surface area contributed by atoms with Crippen LogP contribution in [0.4, 0.5) is 5.82 Å². The highest BCUT2D eigenvalue weighted by Gasteiger charge is 2.44. The van der Waals surface area contributed by atoms with Crippen molar-refractivity contribution in [2.24, 2.45) is 0 Å². The summed E-state index contributed by atoms with van der Waals surface area (Å²) in [6.45, 7) is 0.958. The van der Waals surface area contributed by atoms with Crippen molar-refractivity contribution in [2.45, 2.75) is 43.5 Å². The highest BCUT2D eigenvalue weighted by molar-refractivity contribution is 5.83. The van der Waals surface area contributed by atoms with Gasteiger partial charge in [0.25, 0.3) is 0 Å². The molecule has 136 valence electrons. The smallest absolute Gasteiger partial charge is 0.167 e. The van der Waals surface area contributed by atoms with Crippen LogP contribution >= 0.6 is 0 Å². The lowest BCUT2D eigenvalue weighted by Gasteiger charge is -2.30. The fourth-order valence-corrected chi connectivity index (χ4v) is 3.44. The second-order valence-corrected chi connectivity index (χ2v) is 6.47. The van der Waals surface area contributed by atoms with Gasteiger partial charge in [0, 0.05) is 13.1 Å². The molecular weight excluding hydrogens is 330 g/mol. The van der Waals surface area contributed by atoms with Crippen LogP contribution in [0.25, 0.3) is 11.2 Å². The van der Waals surface area contributed by atoms with Gasteiger partial charge in [0.05, 0.1) is 19.0 Å². The van der Waals surface area contributed by atoms with Crippen LogP contribution in [-0.2, 0) is 4.74 Å². The van der Waals surface area contributed by atoms with Crippen LogP contribution < -0.4 is 4.90 Å². The van der Waals surface area contributed by atoms with Crippen LogP contribution in [0.3, 0.4) is 0 Å². The average molecular weight is 351 g/mol. The number of hydrogen-bond acceptors (Lipinski definition) is 9. The Labute approximate surface area is 143 Å². The Kier molecular flexibility index (Phi) is 4.29.